The Balaban J connectivity index is 2.02. The second-order valence-electron chi connectivity index (χ2n) is 5.18. The topological polar surface area (TPSA) is 30.5 Å². The highest BCUT2D eigenvalue weighted by Crippen LogP contribution is 2.46. The van der Waals surface area contributed by atoms with Crippen LogP contribution in [-0.4, -0.2) is 33.4 Å². The minimum atomic E-state index is 0.0831. The maximum atomic E-state index is 6.16. The van der Waals surface area contributed by atoms with Crippen molar-refractivity contribution >= 4 is 11.6 Å². The molecule has 0 bridgehead atoms. The molecule has 3 nitrogen and oxygen atoms in total. The van der Waals surface area contributed by atoms with Gasteiger partial charge in [-0.2, -0.15) is 0 Å². The summed E-state index contributed by atoms with van der Waals surface area (Å²) in [6, 6.07) is 5.88. The Hall–Kier alpha value is -0.770. The molecule has 4 heteroatoms. The minimum absolute atomic E-state index is 0.0831. The van der Waals surface area contributed by atoms with Gasteiger partial charge in [-0.1, -0.05) is 11.6 Å². The van der Waals surface area contributed by atoms with E-state index in [-0.39, 0.29) is 5.41 Å². The van der Waals surface area contributed by atoms with Gasteiger partial charge in [0.15, 0.2) is 0 Å². The smallest absolute Gasteiger partial charge is 0.122 e. The molecule has 0 spiro atoms. The largest absolute Gasteiger partial charge is 0.496 e. The molecule has 0 amide bonds. The van der Waals surface area contributed by atoms with Gasteiger partial charge in [-0.05, 0) is 43.6 Å². The van der Waals surface area contributed by atoms with Crippen molar-refractivity contribution in [2.75, 3.05) is 33.4 Å². The minimum Gasteiger partial charge on any atom is -0.496 e. The molecule has 2 fully saturated rings. The van der Waals surface area contributed by atoms with Crippen LogP contribution in [-0.2, 0) is 10.2 Å². The van der Waals surface area contributed by atoms with Gasteiger partial charge in [-0.3, -0.25) is 0 Å². The molecular weight excluding hydrogens is 250 g/mol. The summed E-state index contributed by atoms with van der Waals surface area (Å²) < 4.78 is 11.0. The number of halogens is 1. The number of nitrogens with one attached hydrogen (secondary N) is 1. The maximum absolute atomic E-state index is 6.16. The van der Waals surface area contributed by atoms with Crippen LogP contribution < -0.4 is 10.1 Å². The summed E-state index contributed by atoms with van der Waals surface area (Å²) in [5, 5.41) is 4.21. The maximum Gasteiger partial charge on any atom is 0.122 e. The summed E-state index contributed by atoms with van der Waals surface area (Å²) in [7, 11) is 1.72. The lowest BCUT2D eigenvalue weighted by Crippen LogP contribution is -2.53. The molecule has 18 heavy (non-hydrogen) atoms. The molecule has 98 valence electrons. The number of rotatable bonds is 3. The molecule has 0 radical (unpaired) electrons. The van der Waals surface area contributed by atoms with Gasteiger partial charge in [0.25, 0.3) is 0 Å². The molecule has 1 N–H and O–H groups in total. The average Bonchev–Trinajstić information content (AvgIpc) is 2.82. The van der Waals surface area contributed by atoms with Crippen LogP contribution in [0, 0.1) is 5.92 Å². The fourth-order valence-corrected chi connectivity index (χ4v) is 3.30. The highest BCUT2D eigenvalue weighted by molar-refractivity contribution is 6.30. The normalized spacial score (nSPS) is 25.8. The standard InChI is InChI=1S/C14H18ClNO2/c1-17-13-3-2-11(15)6-12(13)14(8-18-9-14)10-4-5-16-7-10/h2-3,6,10,16H,4-5,7-9H2,1H3. The molecule has 3 rings (SSSR count). The number of methoxy groups -OCH3 is 1. The molecule has 0 aliphatic carbocycles. The van der Waals surface area contributed by atoms with Crippen molar-refractivity contribution in [3.63, 3.8) is 0 Å². The Kier molecular flexibility index (Phi) is 3.22. The van der Waals surface area contributed by atoms with E-state index in [2.05, 4.69) is 5.32 Å². The lowest BCUT2D eigenvalue weighted by Gasteiger charge is -2.46. The SMILES string of the molecule is COc1ccc(Cl)cc1C1(C2CCNC2)COC1. The van der Waals surface area contributed by atoms with Gasteiger partial charge in [0, 0.05) is 16.0 Å². The third kappa shape index (κ3) is 1.81. The van der Waals surface area contributed by atoms with Gasteiger partial charge in [0.1, 0.15) is 5.75 Å². The number of hydrogen-bond acceptors (Lipinski definition) is 3. The highest BCUT2D eigenvalue weighted by atomic mass is 35.5. The molecule has 0 aromatic heterocycles. The number of benzene rings is 1. The molecule has 2 aliphatic heterocycles. The van der Waals surface area contributed by atoms with E-state index in [1.807, 2.05) is 18.2 Å². The van der Waals surface area contributed by atoms with E-state index in [0.717, 1.165) is 37.1 Å². The van der Waals surface area contributed by atoms with E-state index in [1.54, 1.807) is 7.11 Å². The Morgan fingerprint density at radius 2 is 2.28 bits per heavy atom. The second kappa shape index (κ2) is 4.72. The number of hydrogen-bond donors (Lipinski definition) is 1. The van der Waals surface area contributed by atoms with Gasteiger partial charge < -0.3 is 14.8 Å². The summed E-state index contributed by atoms with van der Waals surface area (Å²) in [6.45, 7) is 3.69. The molecule has 1 aromatic rings. The summed E-state index contributed by atoms with van der Waals surface area (Å²) >= 11 is 6.16. The molecule has 0 saturated carbocycles. The molecule has 1 aromatic carbocycles. The molecule has 2 aliphatic rings. The van der Waals surface area contributed by atoms with Crippen molar-refractivity contribution in [3.05, 3.63) is 28.8 Å². The van der Waals surface area contributed by atoms with Gasteiger partial charge in [0.05, 0.1) is 20.3 Å². The zero-order valence-electron chi connectivity index (χ0n) is 10.5. The van der Waals surface area contributed by atoms with Crippen LogP contribution in [0.4, 0.5) is 0 Å². The predicted molar refractivity (Wildman–Crippen MR) is 71.5 cm³/mol. The second-order valence-corrected chi connectivity index (χ2v) is 5.62. The first kappa shape index (κ1) is 12.3. The van der Waals surface area contributed by atoms with E-state index >= 15 is 0 Å². The van der Waals surface area contributed by atoms with Crippen LogP contribution in [0.15, 0.2) is 18.2 Å². The van der Waals surface area contributed by atoms with E-state index in [9.17, 15) is 0 Å². The first-order valence-corrected chi connectivity index (χ1v) is 6.76. The average molecular weight is 268 g/mol. The Bertz CT molecular complexity index is 439. The quantitative estimate of drug-likeness (QED) is 0.911. The first-order chi connectivity index (χ1) is 8.76. The molecule has 2 saturated heterocycles. The van der Waals surface area contributed by atoms with Crippen LogP contribution in [0.3, 0.4) is 0 Å². The third-order valence-electron chi connectivity index (χ3n) is 4.26. The van der Waals surface area contributed by atoms with Crippen molar-refractivity contribution in [1.29, 1.82) is 0 Å². The zero-order chi connectivity index (χ0) is 12.6. The summed E-state index contributed by atoms with van der Waals surface area (Å²) in [6.07, 6.45) is 1.19. The lowest BCUT2D eigenvalue weighted by molar-refractivity contribution is -0.0877. The fourth-order valence-electron chi connectivity index (χ4n) is 3.13. The molecular formula is C14H18ClNO2. The van der Waals surface area contributed by atoms with Crippen LogP contribution in [0.5, 0.6) is 5.75 Å². The Morgan fingerprint density at radius 3 is 2.83 bits per heavy atom. The van der Waals surface area contributed by atoms with E-state index in [0.29, 0.717) is 5.92 Å². The van der Waals surface area contributed by atoms with Crippen molar-refractivity contribution in [2.24, 2.45) is 5.92 Å². The number of ether oxygens (including phenoxy) is 2. The van der Waals surface area contributed by atoms with Crippen molar-refractivity contribution in [1.82, 2.24) is 5.32 Å². The Morgan fingerprint density at radius 1 is 1.44 bits per heavy atom. The van der Waals surface area contributed by atoms with Gasteiger partial charge >= 0.3 is 0 Å². The van der Waals surface area contributed by atoms with E-state index in [1.165, 1.54) is 12.0 Å². The van der Waals surface area contributed by atoms with E-state index in [4.69, 9.17) is 21.1 Å². The molecule has 1 unspecified atom stereocenters. The Labute approximate surface area is 112 Å². The summed E-state index contributed by atoms with van der Waals surface area (Å²) in [4.78, 5) is 0. The molecule has 1 atom stereocenters. The molecule has 2 heterocycles. The van der Waals surface area contributed by atoms with Crippen LogP contribution >= 0.6 is 11.6 Å². The summed E-state index contributed by atoms with van der Waals surface area (Å²) in [5.41, 5.74) is 1.29. The zero-order valence-corrected chi connectivity index (χ0v) is 11.3. The van der Waals surface area contributed by atoms with Gasteiger partial charge in [-0.15, -0.1) is 0 Å². The van der Waals surface area contributed by atoms with Crippen molar-refractivity contribution < 1.29 is 9.47 Å². The van der Waals surface area contributed by atoms with Gasteiger partial charge in [0.2, 0.25) is 0 Å². The van der Waals surface area contributed by atoms with Crippen molar-refractivity contribution in [3.8, 4) is 5.75 Å². The highest BCUT2D eigenvalue weighted by Gasteiger charge is 2.49. The van der Waals surface area contributed by atoms with Crippen molar-refractivity contribution in [2.45, 2.75) is 11.8 Å². The predicted octanol–water partition coefficient (Wildman–Crippen LogP) is 2.23. The van der Waals surface area contributed by atoms with Crippen LogP contribution in [0.25, 0.3) is 0 Å². The summed E-state index contributed by atoms with van der Waals surface area (Å²) in [5.74, 6) is 1.54. The van der Waals surface area contributed by atoms with E-state index < -0.39 is 0 Å². The fraction of sp³-hybridized carbons (Fsp3) is 0.571. The van der Waals surface area contributed by atoms with Crippen LogP contribution in [0.2, 0.25) is 5.02 Å². The van der Waals surface area contributed by atoms with Gasteiger partial charge in [-0.25, -0.2) is 0 Å². The lowest BCUT2D eigenvalue weighted by atomic mass is 9.68. The first-order valence-electron chi connectivity index (χ1n) is 6.39. The van der Waals surface area contributed by atoms with Crippen LogP contribution in [0.1, 0.15) is 12.0 Å². The monoisotopic (exact) mass is 267 g/mol. The third-order valence-corrected chi connectivity index (χ3v) is 4.49.